The number of rotatable bonds is 4. The summed E-state index contributed by atoms with van der Waals surface area (Å²) in [7, 11) is 2.22. The first kappa shape index (κ1) is 21.8. The van der Waals surface area contributed by atoms with E-state index in [1.54, 1.807) is 52.9 Å². The molecule has 0 aliphatic heterocycles. The van der Waals surface area contributed by atoms with Gasteiger partial charge in [-0.2, -0.15) is 18.3 Å². The van der Waals surface area contributed by atoms with Crippen LogP contribution in [-0.4, -0.2) is 35.9 Å². The molecule has 0 spiro atoms. The summed E-state index contributed by atoms with van der Waals surface area (Å²) in [5.74, 6) is -1.82. The number of carbonyl (C=O) groups excluding carboxylic acids is 2. The molecule has 0 radical (unpaired) electrons. The fourth-order valence-corrected chi connectivity index (χ4v) is 3.52. The minimum absolute atomic E-state index is 0.00876. The number of alkyl halides is 3. The standard InChI is InChI=1S/C20H14F3IN2O4/c1-29-18(27)15-16(11-8-12(20(21,22)23)10-13(24)9-11)25-26(17(15)19(28)30-2)14-6-4-3-5-7-14/h3-10H,1-2H3. The molecule has 3 aromatic rings. The zero-order chi connectivity index (χ0) is 22.1. The second-order valence-corrected chi connectivity index (χ2v) is 7.27. The lowest BCUT2D eigenvalue weighted by atomic mass is 10.0. The molecule has 6 nitrogen and oxygen atoms in total. The zero-order valence-electron chi connectivity index (χ0n) is 15.7. The third-order valence-corrected chi connectivity index (χ3v) is 4.78. The first-order valence-electron chi connectivity index (χ1n) is 8.40. The number of para-hydroxylation sites is 1. The molecular weight excluding hydrogens is 516 g/mol. The number of halogens is 4. The number of benzene rings is 2. The highest BCUT2D eigenvalue weighted by atomic mass is 127. The number of esters is 2. The summed E-state index contributed by atoms with van der Waals surface area (Å²) in [5, 5.41) is 4.30. The number of ether oxygens (including phenoxy) is 2. The van der Waals surface area contributed by atoms with Gasteiger partial charge < -0.3 is 9.47 Å². The van der Waals surface area contributed by atoms with Crippen LogP contribution in [0.3, 0.4) is 0 Å². The van der Waals surface area contributed by atoms with Gasteiger partial charge in [-0.3, -0.25) is 0 Å². The van der Waals surface area contributed by atoms with Crippen molar-refractivity contribution in [1.82, 2.24) is 9.78 Å². The third kappa shape index (κ3) is 4.18. The van der Waals surface area contributed by atoms with Crippen molar-refractivity contribution in [3.8, 4) is 16.9 Å². The van der Waals surface area contributed by atoms with E-state index in [9.17, 15) is 22.8 Å². The predicted octanol–water partition coefficient (Wildman–Crippen LogP) is 4.74. The van der Waals surface area contributed by atoms with Crippen molar-refractivity contribution in [3.05, 3.63) is 68.9 Å². The molecule has 0 aliphatic carbocycles. The lowest BCUT2D eigenvalue weighted by Crippen LogP contribution is -2.15. The van der Waals surface area contributed by atoms with Crippen LogP contribution in [0.2, 0.25) is 0 Å². The smallest absolute Gasteiger partial charge is 0.416 e. The van der Waals surface area contributed by atoms with Gasteiger partial charge in [0.15, 0.2) is 5.69 Å². The van der Waals surface area contributed by atoms with Crippen LogP contribution in [0.5, 0.6) is 0 Å². The van der Waals surface area contributed by atoms with E-state index in [4.69, 9.17) is 9.47 Å². The molecule has 3 rings (SSSR count). The van der Waals surface area contributed by atoms with E-state index >= 15 is 0 Å². The summed E-state index contributed by atoms with van der Waals surface area (Å²) in [6.07, 6.45) is -4.60. The Morgan fingerprint density at radius 3 is 2.20 bits per heavy atom. The average molecular weight is 530 g/mol. The summed E-state index contributed by atoms with van der Waals surface area (Å²) in [5.41, 5.74) is -1.16. The van der Waals surface area contributed by atoms with Crippen molar-refractivity contribution in [2.24, 2.45) is 0 Å². The number of methoxy groups -OCH3 is 2. The van der Waals surface area contributed by atoms with Gasteiger partial charge in [-0.1, -0.05) is 18.2 Å². The fraction of sp³-hybridized carbons (Fsp3) is 0.150. The highest BCUT2D eigenvalue weighted by Gasteiger charge is 2.34. The zero-order valence-corrected chi connectivity index (χ0v) is 17.8. The maximum atomic E-state index is 13.3. The largest absolute Gasteiger partial charge is 0.465 e. The van der Waals surface area contributed by atoms with Crippen molar-refractivity contribution in [1.29, 1.82) is 0 Å². The summed E-state index contributed by atoms with van der Waals surface area (Å²) in [4.78, 5) is 25.1. The molecule has 1 heterocycles. The van der Waals surface area contributed by atoms with E-state index < -0.39 is 23.7 Å². The maximum absolute atomic E-state index is 13.3. The van der Waals surface area contributed by atoms with Gasteiger partial charge in [-0.25, -0.2) is 14.3 Å². The Morgan fingerprint density at radius 2 is 1.63 bits per heavy atom. The number of carbonyl (C=O) groups is 2. The lowest BCUT2D eigenvalue weighted by molar-refractivity contribution is -0.137. The Labute approximate surface area is 182 Å². The molecule has 0 amide bonds. The van der Waals surface area contributed by atoms with Crippen LogP contribution >= 0.6 is 22.6 Å². The summed E-state index contributed by atoms with van der Waals surface area (Å²) < 4.78 is 51.0. The van der Waals surface area contributed by atoms with Gasteiger partial charge >= 0.3 is 18.1 Å². The number of nitrogens with zero attached hydrogens (tertiary/aromatic N) is 2. The number of hydrogen-bond donors (Lipinski definition) is 0. The maximum Gasteiger partial charge on any atom is 0.416 e. The van der Waals surface area contributed by atoms with Gasteiger partial charge in [-0.05, 0) is 52.9 Å². The predicted molar refractivity (Wildman–Crippen MR) is 109 cm³/mol. The highest BCUT2D eigenvalue weighted by Crippen LogP contribution is 2.36. The summed E-state index contributed by atoms with van der Waals surface area (Å²) in [6.45, 7) is 0. The fourth-order valence-electron chi connectivity index (χ4n) is 2.85. The Bertz CT molecular complexity index is 1110. The minimum Gasteiger partial charge on any atom is -0.465 e. The molecular formula is C20H14F3IN2O4. The van der Waals surface area contributed by atoms with Crippen molar-refractivity contribution in [2.75, 3.05) is 14.2 Å². The van der Waals surface area contributed by atoms with E-state index in [0.717, 1.165) is 31.0 Å². The Kier molecular flexibility index (Phi) is 6.15. The Balaban J connectivity index is 2.38. The van der Waals surface area contributed by atoms with Crippen molar-refractivity contribution >= 4 is 34.5 Å². The molecule has 0 unspecified atom stereocenters. The molecule has 0 aliphatic rings. The molecule has 0 saturated heterocycles. The number of hydrogen-bond acceptors (Lipinski definition) is 5. The van der Waals surface area contributed by atoms with E-state index in [-0.39, 0.29) is 26.1 Å². The molecule has 0 bridgehead atoms. The van der Waals surface area contributed by atoms with E-state index in [1.165, 1.54) is 6.07 Å². The molecule has 0 fully saturated rings. The van der Waals surface area contributed by atoms with Crippen molar-refractivity contribution in [2.45, 2.75) is 6.18 Å². The van der Waals surface area contributed by atoms with Crippen LogP contribution in [0.4, 0.5) is 13.2 Å². The van der Waals surface area contributed by atoms with Gasteiger partial charge in [-0.15, -0.1) is 0 Å². The van der Waals surface area contributed by atoms with Crippen LogP contribution in [0.15, 0.2) is 48.5 Å². The molecule has 10 heteroatoms. The van der Waals surface area contributed by atoms with Gasteiger partial charge in [0.25, 0.3) is 0 Å². The number of aromatic nitrogens is 2. The van der Waals surface area contributed by atoms with Crippen LogP contribution in [0, 0.1) is 3.57 Å². The molecule has 0 atom stereocenters. The second-order valence-electron chi connectivity index (χ2n) is 6.03. The summed E-state index contributed by atoms with van der Waals surface area (Å²) >= 11 is 1.74. The average Bonchev–Trinajstić information content (AvgIpc) is 3.13. The van der Waals surface area contributed by atoms with E-state index in [2.05, 4.69) is 5.10 Å². The van der Waals surface area contributed by atoms with Crippen molar-refractivity contribution in [3.63, 3.8) is 0 Å². The third-order valence-electron chi connectivity index (χ3n) is 4.15. The molecule has 0 N–H and O–H groups in total. The van der Waals surface area contributed by atoms with Crippen molar-refractivity contribution < 1.29 is 32.2 Å². The van der Waals surface area contributed by atoms with E-state index in [0.29, 0.717) is 5.69 Å². The van der Waals surface area contributed by atoms with Crippen LogP contribution < -0.4 is 0 Å². The SMILES string of the molecule is COC(=O)c1c(-c2cc(I)cc(C(F)(F)F)c2)nn(-c2ccccc2)c1C(=O)OC. The monoisotopic (exact) mass is 530 g/mol. The molecule has 30 heavy (non-hydrogen) atoms. The molecule has 2 aromatic carbocycles. The first-order valence-corrected chi connectivity index (χ1v) is 9.48. The first-order chi connectivity index (χ1) is 14.2. The Morgan fingerprint density at radius 1 is 1.00 bits per heavy atom. The van der Waals surface area contributed by atoms with Crippen LogP contribution in [0.1, 0.15) is 26.4 Å². The van der Waals surface area contributed by atoms with Crippen LogP contribution in [-0.2, 0) is 15.7 Å². The highest BCUT2D eigenvalue weighted by molar-refractivity contribution is 14.1. The van der Waals surface area contributed by atoms with E-state index in [1.807, 2.05) is 0 Å². The topological polar surface area (TPSA) is 70.4 Å². The Hall–Kier alpha value is -2.89. The summed E-state index contributed by atoms with van der Waals surface area (Å²) in [6, 6.07) is 11.6. The van der Waals surface area contributed by atoms with Gasteiger partial charge in [0, 0.05) is 9.13 Å². The molecule has 1 aromatic heterocycles. The lowest BCUT2D eigenvalue weighted by Gasteiger charge is -2.10. The normalized spacial score (nSPS) is 11.3. The van der Waals surface area contributed by atoms with Gasteiger partial charge in [0.05, 0.1) is 25.5 Å². The quantitative estimate of drug-likeness (QED) is 0.360. The second kappa shape index (κ2) is 8.46. The molecule has 0 saturated carbocycles. The van der Waals surface area contributed by atoms with Gasteiger partial charge in [0.2, 0.25) is 0 Å². The molecule has 156 valence electrons. The van der Waals surface area contributed by atoms with Crippen LogP contribution in [0.25, 0.3) is 16.9 Å². The minimum atomic E-state index is -4.60. The van der Waals surface area contributed by atoms with Gasteiger partial charge in [0.1, 0.15) is 11.3 Å².